The summed E-state index contributed by atoms with van der Waals surface area (Å²) < 4.78 is 0. The zero-order valence-corrected chi connectivity index (χ0v) is 16.1. The zero-order valence-electron chi connectivity index (χ0n) is 16.1. The largest absolute Gasteiger partial charge is 0.353 e. The molecule has 0 atom stereocenters. The third-order valence-electron chi connectivity index (χ3n) is 4.61. The number of nitrogens with one attached hydrogen (secondary N) is 1. The molecule has 144 valence electrons. The van der Waals surface area contributed by atoms with E-state index < -0.39 is 0 Å². The monoisotopic (exact) mass is 381 g/mol. The molecule has 5 heteroatoms. The normalized spacial score (nSPS) is 10.5. The van der Waals surface area contributed by atoms with Crippen molar-refractivity contribution in [3.05, 3.63) is 108 Å². The first-order valence-corrected chi connectivity index (χ1v) is 9.72. The van der Waals surface area contributed by atoms with Crippen molar-refractivity contribution in [3.8, 4) is 0 Å². The Bertz CT molecular complexity index is 1010. The summed E-state index contributed by atoms with van der Waals surface area (Å²) in [7, 11) is 0. The van der Waals surface area contributed by atoms with Gasteiger partial charge in [-0.1, -0.05) is 78.9 Å². The van der Waals surface area contributed by atoms with Crippen LogP contribution in [0.1, 0.15) is 11.1 Å². The third-order valence-corrected chi connectivity index (χ3v) is 4.61. The number of para-hydroxylation sites is 1. The van der Waals surface area contributed by atoms with Gasteiger partial charge in [0.05, 0.1) is 6.20 Å². The van der Waals surface area contributed by atoms with Gasteiger partial charge in [-0.2, -0.15) is 10.1 Å². The van der Waals surface area contributed by atoms with Crippen molar-refractivity contribution in [2.75, 3.05) is 16.8 Å². The Morgan fingerprint density at radius 3 is 2.03 bits per heavy atom. The van der Waals surface area contributed by atoms with Gasteiger partial charge in [0.25, 0.3) is 0 Å². The lowest BCUT2D eigenvalue weighted by atomic mass is 10.1. The second kappa shape index (κ2) is 9.46. The summed E-state index contributed by atoms with van der Waals surface area (Å²) in [4.78, 5) is 6.86. The zero-order chi connectivity index (χ0) is 19.7. The molecule has 1 aromatic heterocycles. The Hall–Kier alpha value is -3.73. The molecule has 4 aromatic rings. The van der Waals surface area contributed by atoms with Crippen LogP contribution in [0.3, 0.4) is 0 Å². The molecule has 5 nitrogen and oxygen atoms in total. The topological polar surface area (TPSA) is 53.9 Å². The van der Waals surface area contributed by atoms with Crippen molar-refractivity contribution < 1.29 is 0 Å². The number of hydrogen-bond donors (Lipinski definition) is 1. The number of anilines is 3. The average molecular weight is 381 g/mol. The molecule has 0 bridgehead atoms. The molecule has 0 saturated heterocycles. The molecule has 0 unspecified atom stereocenters. The van der Waals surface area contributed by atoms with Crippen LogP contribution in [-0.4, -0.2) is 21.7 Å². The molecule has 0 fully saturated rings. The fourth-order valence-corrected chi connectivity index (χ4v) is 3.14. The highest BCUT2D eigenvalue weighted by Crippen LogP contribution is 2.25. The molecule has 0 amide bonds. The van der Waals surface area contributed by atoms with E-state index in [-0.39, 0.29) is 0 Å². The van der Waals surface area contributed by atoms with Crippen LogP contribution < -0.4 is 10.2 Å². The number of hydrogen-bond acceptors (Lipinski definition) is 5. The van der Waals surface area contributed by atoms with Crippen LogP contribution in [0.4, 0.5) is 17.5 Å². The van der Waals surface area contributed by atoms with Gasteiger partial charge in [-0.15, -0.1) is 5.10 Å². The Morgan fingerprint density at radius 2 is 1.34 bits per heavy atom. The van der Waals surface area contributed by atoms with E-state index in [2.05, 4.69) is 68.9 Å². The first kappa shape index (κ1) is 18.6. The van der Waals surface area contributed by atoms with Crippen LogP contribution in [0.15, 0.2) is 97.2 Å². The molecule has 29 heavy (non-hydrogen) atoms. The summed E-state index contributed by atoms with van der Waals surface area (Å²) in [5.41, 5.74) is 3.54. The van der Waals surface area contributed by atoms with Gasteiger partial charge in [-0.25, -0.2) is 0 Å². The minimum absolute atomic E-state index is 0.535. The minimum Gasteiger partial charge on any atom is -0.353 e. The van der Waals surface area contributed by atoms with Gasteiger partial charge in [0.2, 0.25) is 5.95 Å². The second-order valence-corrected chi connectivity index (χ2v) is 6.71. The highest BCUT2D eigenvalue weighted by molar-refractivity contribution is 5.60. The lowest BCUT2D eigenvalue weighted by Crippen LogP contribution is -2.19. The number of rotatable bonds is 8. The Kier molecular flexibility index (Phi) is 6.08. The predicted octanol–water partition coefficient (Wildman–Crippen LogP) is 4.86. The molecule has 1 heterocycles. The van der Waals surface area contributed by atoms with Crippen LogP contribution in [0, 0.1) is 0 Å². The number of benzene rings is 3. The summed E-state index contributed by atoms with van der Waals surface area (Å²) in [5, 5.41) is 11.6. The SMILES string of the molecule is c1ccc(CCNc2nncc(N(Cc3ccccc3)c3ccccc3)n2)cc1. The lowest BCUT2D eigenvalue weighted by Gasteiger charge is -2.24. The van der Waals surface area contributed by atoms with E-state index in [1.54, 1.807) is 6.20 Å². The molecule has 0 aliphatic carbocycles. The maximum absolute atomic E-state index is 4.72. The summed E-state index contributed by atoms with van der Waals surface area (Å²) in [6.45, 7) is 1.45. The van der Waals surface area contributed by atoms with Crippen LogP contribution in [0.5, 0.6) is 0 Å². The maximum atomic E-state index is 4.72. The van der Waals surface area contributed by atoms with Gasteiger partial charge >= 0.3 is 0 Å². The molecular weight excluding hydrogens is 358 g/mol. The quantitative estimate of drug-likeness (QED) is 0.472. The van der Waals surface area contributed by atoms with Gasteiger partial charge in [0.1, 0.15) is 0 Å². The summed E-state index contributed by atoms with van der Waals surface area (Å²) in [6, 6.07) is 30.9. The molecule has 0 aliphatic heterocycles. The van der Waals surface area contributed by atoms with Crippen LogP contribution in [0.25, 0.3) is 0 Å². The van der Waals surface area contributed by atoms with Crippen LogP contribution in [-0.2, 0) is 13.0 Å². The van der Waals surface area contributed by atoms with Crippen molar-refractivity contribution in [1.29, 1.82) is 0 Å². The fraction of sp³-hybridized carbons (Fsp3) is 0.125. The molecule has 3 aromatic carbocycles. The third kappa shape index (κ3) is 5.17. The lowest BCUT2D eigenvalue weighted by molar-refractivity contribution is 0.882. The molecule has 4 rings (SSSR count). The molecule has 0 saturated carbocycles. The van der Waals surface area contributed by atoms with Crippen molar-refractivity contribution in [1.82, 2.24) is 15.2 Å². The standard InChI is InChI=1S/C24H23N5/c1-4-10-20(11-5-1)16-17-25-24-27-23(18-26-28-24)29(22-14-8-3-9-15-22)19-21-12-6-2-7-13-21/h1-15,18H,16-17,19H2,(H,25,27,28). The van der Waals surface area contributed by atoms with E-state index in [9.17, 15) is 0 Å². The van der Waals surface area contributed by atoms with Crippen LogP contribution in [0.2, 0.25) is 0 Å². The van der Waals surface area contributed by atoms with Gasteiger partial charge in [0.15, 0.2) is 5.82 Å². The highest BCUT2D eigenvalue weighted by atomic mass is 15.3. The smallest absolute Gasteiger partial charge is 0.244 e. The summed E-state index contributed by atoms with van der Waals surface area (Å²) in [6.07, 6.45) is 2.61. The van der Waals surface area contributed by atoms with E-state index in [1.165, 1.54) is 11.1 Å². The van der Waals surface area contributed by atoms with E-state index in [0.717, 1.165) is 24.5 Å². The Morgan fingerprint density at radius 1 is 0.724 bits per heavy atom. The van der Waals surface area contributed by atoms with Crippen LogP contribution >= 0.6 is 0 Å². The van der Waals surface area contributed by atoms with Gasteiger partial charge in [0, 0.05) is 18.8 Å². The molecule has 0 aliphatic rings. The predicted molar refractivity (Wildman–Crippen MR) is 117 cm³/mol. The summed E-state index contributed by atoms with van der Waals surface area (Å²) >= 11 is 0. The van der Waals surface area contributed by atoms with E-state index in [1.807, 2.05) is 42.5 Å². The van der Waals surface area contributed by atoms with Crippen molar-refractivity contribution in [3.63, 3.8) is 0 Å². The number of aromatic nitrogens is 3. The Labute approximate surface area is 171 Å². The summed E-state index contributed by atoms with van der Waals surface area (Å²) in [5.74, 6) is 1.30. The van der Waals surface area contributed by atoms with E-state index in [0.29, 0.717) is 12.5 Å². The van der Waals surface area contributed by atoms with Gasteiger partial charge < -0.3 is 10.2 Å². The van der Waals surface area contributed by atoms with E-state index in [4.69, 9.17) is 4.98 Å². The van der Waals surface area contributed by atoms with E-state index >= 15 is 0 Å². The second-order valence-electron chi connectivity index (χ2n) is 6.71. The van der Waals surface area contributed by atoms with Crippen molar-refractivity contribution in [2.45, 2.75) is 13.0 Å². The molecular formula is C24H23N5. The first-order valence-electron chi connectivity index (χ1n) is 9.72. The molecule has 0 spiro atoms. The Balaban J connectivity index is 1.52. The van der Waals surface area contributed by atoms with Crippen molar-refractivity contribution >= 4 is 17.5 Å². The average Bonchev–Trinajstić information content (AvgIpc) is 2.80. The molecule has 0 radical (unpaired) electrons. The van der Waals surface area contributed by atoms with Gasteiger partial charge in [-0.05, 0) is 29.7 Å². The van der Waals surface area contributed by atoms with Gasteiger partial charge in [-0.3, -0.25) is 0 Å². The van der Waals surface area contributed by atoms with Crippen molar-refractivity contribution in [2.24, 2.45) is 0 Å². The minimum atomic E-state index is 0.535. The maximum Gasteiger partial charge on any atom is 0.244 e. The number of nitrogens with zero attached hydrogens (tertiary/aromatic N) is 4. The molecule has 1 N–H and O–H groups in total. The fourth-order valence-electron chi connectivity index (χ4n) is 3.14. The first-order chi connectivity index (χ1) is 14.4. The highest BCUT2D eigenvalue weighted by Gasteiger charge is 2.13.